The fourth-order valence-corrected chi connectivity index (χ4v) is 2.20. The molecular formula is C9H9FNO5S-. The van der Waals surface area contributed by atoms with E-state index in [9.17, 15) is 22.7 Å². The molecule has 0 saturated heterocycles. The second-order valence-corrected chi connectivity index (χ2v) is 4.84. The van der Waals surface area contributed by atoms with Crippen LogP contribution < -0.4 is 9.83 Å². The predicted octanol–water partition coefficient (Wildman–Crippen LogP) is -1.79. The van der Waals surface area contributed by atoms with Gasteiger partial charge in [-0.05, 0) is 24.3 Å². The van der Waals surface area contributed by atoms with Crippen molar-refractivity contribution in [3.05, 3.63) is 30.1 Å². The summed E-state index contributed by atoms with van der Waals surface area (Å²) in [5, 5.41) is 19.1. The first-order valence-corrected chi connectivity index (χ1v) is 5.95. The molecule has 0 aliphatic carbocycles. The van der Waals surface area contributed by atoms with Crippen molar-refractivity contribution in [2.75, 3.05) is 6.61 Å². The van der Waals surface area contributed by atoms with E-state index in [0.29, 0.717) is 0 Å². The normalized spacial score (nSPS) is 13.3. The molecule has 0 amide bonds. The van der Waals surface area contributed by atoms with Gasteiger partial charge in [0.05, 0.1) is 23.5 Å². The van der Waals surface area contributed by atoms with Gasteiger partial charge in [0.2, 0.25) is 10.0 Å². The lowest BCUT2D eigenvalue weighted by Gasteiger charge is -2.16. The Labute approximate surface area is 96.8 Å². The molecule has 0 radical (unpaired) electrons. The first kappa shape index (κ1) is 13.6. The van der Waals surface area contributed by atoms with Gasteiger partial charge in [0.15, 0.2) is 0 Å². The largest absolute Gasteiger partial charge is 0.548 e. The Balaban J connectivity index is 2.96. The average molecular weight is 262 g/mol. The van der Waals surface area contributed by atoms with Crippen molar-refractivity contribution in [2.45, 2.75) is 10.9 Å². The molecule has 17 heavy (non-hydrogen) atoms. The summed E-state index contributed by atoms with van der Waals surface area (Å²) in [7, 11) is -4.13. The third kappa shape index (κ3) is 3.48. The minimum atomic E-state index is -4.13. The standard InChI is InChI=1S/C9H10FNO5S/c10-6-1-3-7(4-2-6)17(15,16)11-8(5-12)9(13)14/h1-4,8,11-12H,5H2,(H,13,14)/p-1/t8-/m1/s1. The number of benzene rings is 1. The summed E-state index contributed by atoms with van der Waals surface area (Å²) in [5.41, 5.74) is 0. The van der Waals surface area contributed by atoms with E-state index < -0.39 is 34.5 Å². The van der Waals surface area contributed by atoms with Crippen molar-refractivity contribution in [1.82, 2.24) is 4.72 Å². The minimum Gasteiger partial charge on any atom is -0.548 e. The fraction of sp³-hybridized carbons (Fsp3) is 0.222. The van der Waals surface area contributed by atoms with Crippen LogP contribution in [-0.2, 0) is 14.8 Å². The van der Waals surface area contributed by atoms with E-state index in [0.717, 1.165) is 24.3 Å². The van der Waals surface area contributed by atoms with Gasteiger partial charge in [-0.3, -0.25) is 0 Å². The van der Waals surface area contributed by atoms with Crippen LogP contribution >= 0.6 is 0 Å². The van der Waals surface area contributed by atoms with Crippen molar-refractivity contribution in [3.8, 4) is 0 Å². The third-order valence-electron chi connectivity index (χ3n) is 1.89. The number of nitrogens with one attached hydrogen (secondary N) is 1. The number of halogens is 1. The van der Waals surface area contributed by atoms with Crippen LogP contribution in [0.5, 0.6) is 0 Å². The van der Waals surface area contributed by atoms with Crippen LogP contribution in [0.2, 0.25) is 0 Å². The number of carboxylic acid groups (broad SMARTS) is 1. The summed E-state index contributed by atoms with van der Waals surface area (Å²) < 4.78 is 37.5. The molecule has 0 aromatic heterocycles. The molecule has 8 heteroatoms. The Morgan fingerprint density at radius 2 is 1.94 bits per heavy atom. The molecule has 1 atom stereocenters. The number of aliphatic hydroxyl groups is 1. The highest BCUT2D eigenvalue weighted by Gasteiger charge is 2.20. The van der Waals surface area contributed by atoms with Gasteiger partial charge in [0, 0.05) is 0 Å². The molecule has 94 valence electrons. The first-order chi connectivity index (χ1) is 7.86. The van der Waals surface area contributed by atoms with Crippen LogP contribution in [0, 0.1) is 5.82 Å². The molecule has 1 aromatic carbocycles. The number of rotatable bonds is 5. The fourth-order valence-electron chi connectivity index (χ4n) is 1.03. The molecule has 0 bridgehead atoms. The van der Waals surface area contributed by atoms with Gasteiger partial charge in [-0.1, -0.05) is 0 Å². The van der Waals surface area contributed by atoms with Gasteiger partial charge in [-0.15, -0.1) is 0 Å². The first-order valence-electron chi connectivity index (χ1n) is 4.46. The zero-order valence-electron chi connectivity index (χ0n) is 8.46. The Hall–Kier alpha value is -1.51. The molecule has 6 nitrogen and oxygen atoms in total. The minimum absolute atomic E-state index is 0.307. The van der Waals surface area contributed by atoms with Gasteiger partial charge < -0.3 is 15.0 Å². The van der Waals surface area contributed by atoms with Crippen molar-refractivity contribution in [3.63, 3.8) is 0 Å². The molecule has 0 heterocycles. The molecule has 0 saturated carbocycles. The highest BCUT2D eigenvalue weighted by atomic mass is 32.2. The molecule has 0 unspecified atom stereocenters. The lowest BCUT2D eigenvalue weighted by atomic mass is 10.3. The predicted molar refractivity (Wildman–Crippen MR) is 52.6 cm³/mol. The van der Waals surface area contributed by atoms with E-state index in [1.807, 2.05) is 0 Å². The monoisotopic (exact) mass is 262 g/mol. The Morgan fingerprint density at radius 3 is 2.35 bits per heavy atom. The average Bonchev–Trinajstić information content (AvgIpc) is 2.26. The van der Waals surface area contributed by atoms with Gasteiger partial charge in [0.25, 0.3) is 0 Å². The number of aliphatic carboxylic acids is 1. The highest BCUT2D eigenvalue weighted by Crippen LogP contribution is 2.09. The quantitative estimate of drug-likeness (QED) is 0.652. The van der Waals surface area contributed by atoms with Gasteiger partial charge in [-0.2, -0.15) is 0 Å². The summed E-state index contributed by atoms with van der Waals surface area (Å²) in [5.74, 6) is -2.37. The lowest BCUT2D eigenvalue weighted by molar-refractivity contribution is -0.308. The van der Waals surface area contributed by atoms with E-state index in [1.165, 1.54) is 0 Å². The Morgan fingerprint density at radius 1 is 1.41 bits per heavy atom. The maximum absolute atomic E-state index is 12.6. The maximum atomic E-state index is 12.6. The molecule has 0 spiro atoms. The summed E-state index contributed by atoms with van der Waals surface area (Å²) in [6, 6.07) is 2.04. The lowest BCUT2D eigenvalue weighted by Crippen LogP contribution is -2.49. The smallest absolute Gasteiger partial charge is 0.241 e. The van der Waals surface area contributed by atoms with Gasteiger partial charge >= 0.3 is 0 Å². The van der Waals surface area contributed by atoms with Crippen LogP contribution in [-0.4, -0.2) is 32.1 Å². The van der Waals surface area contributed by atoms with E-state index >= 15 is 0 Å². The molecule has 1 aromatic rings. The van der Waals surface area contributed by atoms with Crippen molar-refractivity contribution in [2.24, 2.45) is 0 Å². The number of carboxylic acids is 1. The number of hydrogen-bond acceptors (Lipinski definition) is 5. The number of carbonyl (C=O) groups is 1. The number of hydrogen-bond donors (Lipinski definition) is 2. The summed E-state index contributed by atoms with van der Waals surface area (Å²) in [6.07, 6.45) is 0. The molecule has 0 aliphatic rings. The second-order valence-electron chi connectivity index (χ2n) is 3.13. The summed E-state index contributed by atoms with van der Waals surface area (Å²) in [6.45, 7) is -0.942. The number of aliphatic hydroxyl groups excluding tert-OH is 1. The van der Waals surface area contributed by atoms with Crippen molar-refractivity contribution in [1.29, 1.82) is 0 Å². The molecule has 0 aliphatic heterocycles. The second kappa shape index (κ2) is 5.21. The SMILES string of the molecule is O=C([O-])[C@@H](CO)NS(=O)(=O)c1ccc(F)cc1. The zero-order valence-corrected chi connectivity index (χ0v) is 9.28. The maximum Gasteiger partial charge on any atom is 0.241 e. The molecule has 0 fully saturated rings. The summed E-state index contributed by atoms with van der Waals surface area (Å²) >= 11 is 0. The van der Waals surface area contributed by atoms with Gasteiger partial charge in [-0.25, -0.2) is 17.5 Å². The van der Waals surface area contributed by atoms with E-state index in [1.54, 1.807) is 4.72 Å². The van der Waals surface area contributed by atoms with Crippen molar-refractivity contribution >= 4 is 16.0 Å². The van der Waals surface area contributed by atoms with Crippen molar-refractivity contribution < 1.29 is 27.8 Å². The number of carbonyl (C=O) groups excluding carboxylic acids is 1. The van der Waals surface area contributed by atoms with Crippen LogP contribution in [0.1, 0.15) is 0 Å². The molecular weight excluding hydrogens is 253 g/mol. The molecule has 1 rings (SSSR count). The Bertz CT molecular complexity index is 499. The van der Waals surface area contributed by atoms with Crippen LogP contribution in [0.4, 0.5) is 4.39 Å². The van der Waals surface area contributed by atoms with E-state index in [-0.39, 0.29) is 4.90 Å². The third-order valence-corrected chi connectivity index (χ3v) is 3.38. The van der Waals surface area contributed by atoms with E-state index in [4.69, 9.17) is 5.11 Å². The van der Waals surface area contributed by atoms with Crippen LogP contribution in [0.15, 0.2) is 29.2 Å². The zero-order chi connectivity index (χ0) is 13.1. The topological polar surface area (TPSA) is 107 Å². The Kier molecular flexibility index (Phi) is 4.16. The van der Waals surface area contributed by atoms with Crippen LogP contribution in [0.3, 0.4) is 0 Å². The van der Waals surface area contributed by atoms with Gasteiger partial charge in [0.1, 0.15) is 5.82 Å². The molecule has 2 N–H and O–H groups in total. The van der Waals surface area contributed by atoms with E-state index in [2.05, 4.69) is 0 Å². The highest BCUT2D eigenvalue weighted by molar-refractivity contribution is 7.89. The van der Waals surface area contributed by atoms with Crippen LogP contribution in [0.25, 0.3) is 0 Å². The summed E-state index contributed by atoms with van der Waals surface area (Å²) in [4.78, 5) is 10.1. The number of sulfonamides is 1.